The lowest BCUT2D eigenvalue weighted by Gasteiger charge is -2.05. The molecule has 1 aromatic carbocycles. The fourth-order valence-electron chi connectivity index (χ4n) is 2.78. The van der Waals surface area contributed by atoms with Gasteiger partial charge in [0.15, 0.2) is 0 Å². The van der Waals surface area contributed by atoms with Crippen LogP contribution in [0.3, 0.4) is 0 Å². The van der Waals surface area contributed by atoms with E-state index in [2.05, 4.69) is 26.8 Å². The van der Waals surface area contributed by atoms with Crippen molar-refractivity contribution in [3.63, 3.8) is 0 Å². The van der Waals surface area contributed by atoms with E-state index >= 15 is 0 Å². The maximum atomic E-state index is 6.46. The number of H-pyrrole nitrogens is 1. The highest BCUT2D eigenvalue weighted by atomic mass is 35.5. The summed E-state index contributed by atoms with van der Waals surface area (Å²) in [5.41, 5.74) is 10.3. The minimum atomic E-state index is 0.443. The summed E-state index contributed by atoms with van der Waals surface area (Å²) in [5, 5.41) is 4.71. The van der Waals surface area contributed by atoms with Crippen LogP contribution >= 0.6 is 11.6 Å². The minimum absolute atomic E-state index is 0.443. The first kappa shape index (κ1) is 15.0. The predicted molar refractivity (Wildman–Crippen MR) is 96.5 cm³/mol. The maximum absolute atomic E-state index is 6.46. The Bertz CT molecular complexity index is 909. The number of nitrogens with one attached hydrogen (secondary N) is 2. The van der Waals surface area contributed by atoms with E-state index in [1.165, 1.54) is 12.8 Å². The molecule has 0 spiro atoms. The molecule has 0 atom stereocenters. The van der Waals surface area contributed by atoms with Crippen molar-refractivity contribution >= 4 is 22.5 Å². The molecule has 4 N–H and O–H groups in total. The average Bonchev–Trinajstić information content (AvgIpc) is 3.33. The predicted octanol–water partition coefficient (Wildman–Crippen LogP) is 3.68. The van der Waals surface area contributed by atoms with E-state index < -0.39 is 0 Å². The molecular formula is C18H18ClN5. The standard InChI is InChI=1S/C18H18ClN5/c1-10(20)21-7-13-4-12-5-15(19)14(6-16(12)24-13)18-9-22-17(8-23-18)11-2-3-11/h4-6,8-9,11,21,24H,1-3,7,20H2. The van der Waals surface area contributed by atoms with Crippen LogP contribution in [0.15, 0.2) is 43.0 Å². The molecule has 0 saturated heterocycles. The van der Waals surface area contributed by atoms with Gasteiger partial charge in [0, 0.05) is 34.3 Å². The summed E-state index contributed by atoms with van der Waals surface area (Å²) >= 11 is 6.46. The summed E-state index contributed by atoms with van der Waals surface area (Å²) < 4.78 is 0. The van der Waals surface area contributed by atoms with Gasteiger partial charge in [-0.1, -0.05) is 18.2 Å². The van der Waals surface area contributed by atoms with E-state index in [9.17, 15) is 0 Å². The van der Waals surface area contributed by atoms with Crippen molar-refractivity contribution in [1.29, 1.82) is 0 Å². The Morgan fingerprint density at radius 3 is 2.79 bits per heavy atom. The highest BCUT2D eigenvalue weighted by molar-refractivity contribution is 6.34. The molecule has 1 saturated carbocycles. The van der Waals surface area contributed by atoms with E-state index in [1.807, 2.05) is 30.6 Å². The van der Waals surface area contributed by atoms with Gasteiger partial charge in [0.2, 0.25) is 0 Å². The molecule has 2 aromatic heterocycles. The molecule has 1 fully saturated rings. The minimum Gasteiger partial charge on any atom is -0.386 e. The molecule has 0 aliphatic heterocycles. The Labute approximate surface area is 145 Å². The molecule has 1 aliphatic rings. The summed E-state index contributed by atoms with van der Waals surface area (Å²) in [7, 11) is 0. The molecule has 4 rings (SSSR count). The number of rotatable bonds is 5. The second-order valence-electron chi connectivity index (χ2n) is 6.19. The first-order valence-corrected chi connectivity index (χ1v) is 8.29. The number of hydrogen-bond donors (Lipinski definition) is 3. The molecule has 0 unspecified atom stereocenters. The van der Waals surface area contributed by atoms with Gasteiger partial charge in [-0.3, -0.25) is 9.97 Å². The number of halogens is 1. The van der Waals surface area contributed by atoms with Gasteiger partial charge < -0.3 is 16.0 Å². The smallest absolute Gasteiger partial charge is 0.0901 e. The van der Waals surface area contributed by atoms with E-state index in [1.54, 1.807) is 0 Å². The second kappa shape index (κ2) is 5.83. The summed E-state index contributed by atoms with van der Waals surface area (Å²) in [6, 6.07) is 6.00. The van der Waals surface area contributed by atoms with E-state index in [0.29, 0.717) is 23.3 Å². The first-order valence-electron chi connectivity index (χ1n) is 7.92. The molecule has 0 bridgehead atoms. The molecule has 0 radical (unpaired) electrons. The van der Waals surface area contributed by atoms with Crippen molar-refractivity contribution < 1.29 is 0 Å². The Balaban J connectivity index is 1.67. The molecular weight excluding hydrogens is 322 g/mol. The van der Waals surface area contributed by atoms with E-state index in [-0.39, 0.29) is 0 Å². The third-order valence-electron chi connectivity index (χ3n) is 4.21. The van der Waals surface area contributed by atoms with Crippen molar-refractivity contribution in [2.24, 2.45) is 5.73 Å². The van der Waals surface area contributed by atoms with Gasteiger partial charge in [-0.2, -0.15) is 0 Å². The normalized spacial score (nSPS) is 14.0. The zero-order valence-electron chi connectivity index (χ0n) is 13.1. The highest BCUT2D eigenvalue weighted by Crippen LogP contribution is 2.39. The third-order valence-corrected chi connectivity index (χ3v) is 4.53. The maximum Gasteiger partial charge on any atom is 0.0901 e. The fraction of sp³-hybridized carbons (Fsp3) is 0.222. The van der Waals surface area contributed by atoms with Gasteiger partial charge in [-0.25, -0.2) is 0 Å². The van der Waals surface area contributed by atoms with Crippen LogP contribution in [0.4, 0.5) is 0 Å². The summed E-state index contributed by atoms with van der Waals surface area (Å²) in [5.74, 6) is 1.04. The van der Waals surface area contributed by atoms with Crippen LogP contribution in [0, 0.1) is 0 Å². The summed E-state index contributed by atoms with van der Waals surface area (Å²) in [6.45, 7) is 4.22. The third kappa shape index (κ3) is 2.95. The zero-order chi connectivity index (χ0) is 16.7. The molecule has 122 valence electrons. The van der Waals surface area contributed by atoms with Crippen LogP contribution in [0.1, 0.15) is 30.1 Å². The molecule has 2 heterocycles. The second-order valence-corrected chi connectivity index (χ2v) is 6.60. The van der Waals surface area contributed by atoms with Crippen LogP contribution < -0.4 is 11.1 Å². The number of hydrogen-bond acceptors (Lipinski definition) is 4. The van der Waals surface area contributed by atoms with Crippen molar-refractivity contribution in [2.75, 3.05) is 0 Å². The molecule has 3 aromatic rings. The monoisotopic (exact) mass is 339 g/mol. The van der Waals surface area contributed by atoms with Crippen LogP contribution in [0.25, 0.3) is 22.2 Å². The Kier molecular flexibility index (Phi) is 3.65. The number of aromatic nitrogens is 3. The first-order chi connectivity index (χ1) is 11.6. The van der Waals surface area contributed by atoms with Crippen molar-refractivity contribution in [2.45, 2.75) is 25.3 Å². The van der Waals surface area contributed by atoms with Crippen molar-refractivity contribution in [1.82, 2.24) is 20.3 Å². The SMILES string of the molecule is C=C(N)NCc1cc2cc(Cl)c(-c3cnc(C4CC4)cn3)cc2[nH]1. The summed E-state index contributed by atoms with van der Waals surface area (Å²) in [6.07, 6.45) is 6.11. The zero-order valence-corrected chi connectivity index (χ0v) is 13.9. The lowest BCUT2D eigenvalue weighted by molar-refractivity contribution is 0.788. The van der Waals surface area contributed by atoms with Crippen LogP contribution in [-0.4, -0.2) is 15.0 Å². The number of nitrogens with two attached hydrogens (primary N) is 1. The largest absolute Gasteiger partial charge is 0.386 e. The average molecular weight is 340 g/mol. The Morgan fingerprint density at radius 2 is 2.12 bits per heavy atom. The fourth-order valence-corrected chi connectivity index (χ4v) is 3.05. The van der Waals surface area contributed by atoms with Crippen molar-refractivity contribution in [3.8, 4) is 11.3 Å². The number of benzene rings is 1. The Morgan fingerprint density at radius 1 is 1.29 bits per heavy atom. The van der Waals surface area contributed by atoms with E-state index in [0.717, 1.165) is 33.5 Å². The topological polar surface area (TPSA) is 79.6 Å². The highest BCUT2D eigenvalue weighted by Gasteiger charge is 2.25. The molecule has 5 nitrogen and oxygen atoms in total. The van der Waals surface area contributed by atoms with Crippen LogP contribution in [0.5, 0.6) is 0 Å². The quantitative estimate of drug-likeness (QED) is 0.662. The van der Waals surface area contributed by atoms with Gasteiger partial charge >= 0.3 is 0 Å². The van der Waals surface area contributed by atoms with Crippen molar-refractivity contribution in [3.05, 3.63) is 59.4 Å². The van der Waals surface area contributed by atoms with Crippen LogP contribution in [0.2, 0.25) is 5.02 Å². The van der Waals surface area contributed by atoms with Gasteiger partial charge in [-0.05, 0) is 31.0 Å². The van der Waals surface area contributed by atoms with Gasteiger partial charge in [0.1, 0.15) is 0 Å². The van der Waals surface area contributed by atoms with Gasteiger partial charge in [-0.15, -0.1) is 0 Å². The molecule has 24 heavy (non-hydrogen) atoms. The lowest BCUT2D eigenvalue weighted by Crippen LogP contribution is -2.18. The number of aromatic amines is 1. The molecule has 6 heteroatoms. The number of fused-ring (bicyclic) bond motifs is 1. The summed E-state index contributed by atoms with van der Waals surface area (Å²) in [4.78, 5) is 12.4. The lowest BCUT2D eigenvalue weighted by atomic mass is 10.1. The van der Waals surface area contributed by atoms with Gasteiger partial charge in [0.25, 0.3) is 0 Å². The molecule has 1 aliphatic carbocycles. The molecule has 0 amide bonds. The van der Waals surface area contributed by atoms with Crippen LogP contribution in [-0.2, 0) is 6.54 Å². The van der Waals surface area contributed by atoms with Gasteiger partial charge in [0.05, 0.1) is 35.0 Å². The number of nitrogens with zero attached hydrogens (tertiary/aromatic N) is 2. The van der Waals surface area contributed by atoms with E-state index in [4.69, 9.17) is 17.3 Å². The Hall–Kier alpha value is -2.53.